The largest absolute Gasteiger partial charge is 0.545 e. The Balaban J connectivity index is 3.68. The van der Waals surface area contributed by atoms with Crippen molar-refractivity contribution in [3.05, 3.63) is 33.1 Å². The second-order valence-electron chi connectivity index (χ2n) is 2.23. The molecule has 0 heterocycles. The van der Waals surface area contributed by atoms with Crippen LogP contribution < -0.4 is 5.11 Å². The first-order valence-corrected chi connectivity index (χ1v) is 3.86. The molecule has 0 saturated carbocycles. The van der Waals surface area contributed by atoms with Crippen molar-refractivity contribution in [3.8, 4) is 0 Å². The second kappa shape index (κ2) is 3.67. The molecule has 0 atom stereocenters. The second-order valence-corrected chi connectivity index (χ2v) is 2.99. The molecule has 0 fully saturated rings. The summed E-state index contributed by atoms with van der Waals surface area (Å²) in [7, 11) is 0. The van der Waals surface area contributed by atoms with Gasteiger partial charge >= 0.3 is 0 Å². The van der Waals surface area contributed by atoms with Crippen molar-refractivity contribution in [2.24, 2.45) is 0 Å². The Morgan fingerprint density at radius 1 is 1.00 bits per heavy atom. The van der Waals surface area contributed by atoms with Gasteiger partial charge in [-0.2, -0.15) is 0 Å². The third kappa shape index (κ3) is 1.53. The number of hydrogen-bond acceptors (Lipinski definition) is 2. The van der Waals surface area contributed by atoms with Gasteiger partial charge in [-0.25, -0.2) is 13.2 Å². The van der Waals surface area contributed by atoms with E-state index in [0.717, 1.165) is 0 Å². The summed E-state index contributed by atoms with van der Waals surface area (Å²) >= 11 is 10.0. The van der Waals surface area contributed by atoms with Crippen LogP contribution in [0.5, 0.6) is 0 Å². The highest BCUT2D eigenvalue weighted by Crippen LogP contribution is 2.31. The summed E-state index contributed by atoms with van der Waals surface area (Å²) in [5.74, 6) is -7.20. The minimum Gasteiger partial charge on any atom is -0.545 e. The van der Waals surface area contributed by atoms with E-state index in [0.29, 0.717) is 0 Å². The summed E-state index contributed by atoms with van der Waals surface area (Å²) in [5.41, 5.74) is -1.48. The summed E-state index contributed by atoms with van der Waals surface area (Å²) < 4.78 is 38.5. The number of aromatic carboxylic acids is 1. The summed E-state index contributed by atoms with van der Waals surface area (Å²) in [6.45, 7) is 0. The number of hydrogen-bond donors (Lipinski definition) is 0. The molecule has 0 amide bonds. The maximum atomic E-state index is 12.9. The summed E-state index contributed by atoms with van der Waals surface area (Å²) in [6, 6.07) is 0. The molecule has 1 aromatic carbocycles. The molecule has 7 heteroatoms. The molecule has 2 nitrogen and oxygen atoms in total. The van der Waals surface area contributed by atoms with E-state index in [2.05, 4.69) is 0 Å². The number of carbonyl (C=O) groups is 1. The van der Waals surface area contributed by atoms with Gasteiger partial charge < -0.3 is 9.90 Å². The van der Waals surface area contributed by atoms with Gasteiger partial charge in [0, 0.05) is 0 Å². The van der Waals surface area contributed by atoms with Crippen molar-refractivity contribution in [2.45, 2.75) is 0 Å². The summed E-state index contributed by atoms with van der Waals surface area (Å²) in [4.78, 5) is 10.2. The molecule has 0 aromatic heterocycles. The maximum absolute atomic E-state index is 12.9. The minimum atomic E-state index is -2.16. The van der Waals surface area contributed by atoms with Gasteiger partial charge in [-0.05, 0) is 0 Å². The van der Waals surface area contributed by atoms with Crippen LogP contribution in [-0.2, 0) is 0 Å². The maximum Gasteiger partial charge on any atom is 0.166 e. The Kier molecular flexibility index (Phi) is 2.92. The summed E-state index contributed by atoms with van der Waals surface area (Å²) in [6.07, 6.45) is 0. The van der Waals surface area contributed by atoms with E-state index in [1.807, 2.05) is 0 Å². The normalized spacial score (nSPS) is 10.4. The first-order valence-electron chi connectivity index (χ1n) is 3.10. The Bertz CT molecular complexity index is 391. The Morgan fingerprint density at radius 2 is 1.36 bits per heavy atom. The zero-order valence-corrected chi connectivity index (χ0v) is 7.72. The van der Waals surface area contributed by atoms with Gasteiger partial charge in [0.05, 0.1) is 11.5 Å². The number of carboxylic acid groups (broad SMARTS) is 1. The van der Waals surface area contributed by atoms with Crippen LogP contribution in [-0.4, -0.2) is 5.97 Å². The fourth-order valence-electron chi connectivity index (χ4n) is 0.784. The van der Waals surface area contributed by atoms with E-state index in [1.54, 1.807) is 0 Å². The Morgan fingerprint density at radius 3 is 1.64 bits per heavy atom. The van der Waals surface area contributed by atoms with Gasteiger partial charge in [0.25, 0.3) is 0 Å². The topological polar surface area (TPSA) is 40.1 Å². The average Bonchev–Trinajstić information content (AvgIpc) is 2.11. The molecule has 76 valence electrons. The zero-order chi connectivity index (χ0) is 11.0. The van der Waals surface area contributed by atoms with Gasteiger partial charge in [-0.15, -0.1) is 0 Å². The Labute approximate surface area is 85.9 Å². The molecule has 0 unspecified atom stereocenters. The monoisotopic (exact) mass is 243 g/mol. The lowest BCUT2D eigenvalue weighted by molar-refractivity contribution is -0.255. The minimum absolute atomic E-state index is 1.18. The highest BCUT2D eigenvalue weighted by Gasteiger charge is 2.23. The van der Waals surface area contributed by atoms with Crippen LogP contribution in [0.2, 0.25) is 10.0 Å². The molecule has 14 heavy (non-hydrogen) atoms. The predicted molar refractivity (Wildman–Crippen MR) is 40.7 cm³/mol. The molecule has 0 radical (unpaired) electrons. The van der Waals surface area contributed by atoms with Crippen LogP contribution in [0.4, 0.5) is 13.2 Å². The Hall–Kier alpha value is -0.940. The highest BCUT2D eigenvalue weighted by atomic mass is 35.5. The molecule has 0 aliphatic rings. The number of carboxylic acids is 1. The SMILES string of the molecule is O=C([O-])c1c(F)c(Cl)c(F)c(Cl)c1F. The first kappa shape index (κ1) is 11.1. The van der Waals surface area contributed by atoms with Crippen LogP contribution in [0, 0.1) is 17.5 Å². The molecule has 0 bridgehead atoms. The van der Waals surface area contributed by atoms with Crippen LogP contribution in [0.1, 0.15) is 10.4 Å². The first-order chi connectivity index (χ1) is 6.37. The summed E-state index contributed by atoms with van der Waals surface area (Å²) in [5, 5.41) is 7.86. The van der Waals surface area contributed by atoms with Gasteiger partial charge in [0.15, 0.2) is 17.5 Å². The van der Waals surface area contributed by atoms with Crippen molar-refractivity contribution >= 4 is 29.2 Å². The van der Waals surface area contributed by atoms with Crippen molar-refractivity contribution in [1.82, 2.24) is 0 Å². The molecule has 1 rings (SSSR count). The van der Waals surface area contributed by atoms with Crippen LogP contribution >= 0.6 is 23.2 Å². The lowest BCUT2D eigenvalue weighted by atomic mass is 10.2. The molecule has 0 saturated heterocycles. The number of benzene rings is 1. The predicted octanol–water partition coefficient (Wildman–Crippen LogP) is 1.77. The molecular weight excluding hydrogens is 244 g/mol. The third-order valence-electron chi connectivity index (χ3n) is 1.41. The van der Waals surface area contributed by atoms with Crippen molar-refractivity contribution < 1.29 is 23.1 Å². The quantitative estimate of drug-likeness (QED) is 0.557. The number of rotatable bonds is 1. The van der Waals surface area contributed by atoms with Gasteiger partial charge in [0.2, 0.25) is 0 Å². The lowest BCUT2D eigenvalue weighted by Crippen LogP contribution is -2.25. The van der Waals surface area contributed by atoms with Crippen LogP contribution in [0.25, 0.3) is 0 Å². The molecule has 0 N–H and O–H groups in total. The number of halogens is 5. The fourth-order valence-corrected chi connectivity index (χ4v) is 1.21. The van der Waals surface area contributed by atoms with E-state index in [4.69, 9.17) is 23.2 Å². The average molecular weight is 244 g/mol. The van der Waals surface area contributed by atoms with E-state index in [-0.39, 0.29) is 0 Å². The molecule has 0 spiro atoms. The lowest BCUT2D eigenvalue weighted by Gasteiger charge is -2.09. The fraction of sp³-hybridized carbons (Fsp3) is 0. The van der Waals surface area contributed by atoms with Gasteiger partial charge in [-0.3, -0.25) is 0 Å². The molecular formula is C7Cl2F3O2-. The molecule has 1 aromatic rings. The van der Waals surface area contributed by atoms with Gasteiger partial charge in [-0.1, -0.05) is 23.2 Å². The standard InChI is InChI=1S/C7HCl2F3O2/c8-2-4(10)1(7(13)14)5(11)3(9)6(2)12/h(H,13,14)/p-1. The van der Waals surface area contributed by atoms with Crippen molar-refractivity contribution in [2.75, 3.05) is 0 Å². The van der Waals surface area contributed by atoms with Crippen LogP contribution in [0.3, 0.4) is 0 Å². The van der Waals surface area contributed by atoms with Crippen LogP contribution in [0.15, 0.2) is 0 Å². The van der Waals surface area contributed by atoms with E-state index in [1.165, 1.54) is 0 Å². The van der Waals surface area contributed by atoms with Crippen molar-refractivity contribution in [3.63, 3.8) is 0 Å². The zero-order valence-electron chi connectivity index (χ0n) is 6.21. The van der Waals surface area contributed by atoms with Crippen molar-refractivity contribution in [1.29, 1.82) is 0 Å². The van der Waals surface area contributed by atoms with E-state index < -0.39 is 39.0 Å². The molecule has 0 aliphatic heterocycles. The smallest absolute Gasteiger partial charge is 0.166 e. The van der Waals surface area contributed by atoms with Gasteiger partial charge in [0.1, 0.15) is 10.0 Å². The van der Waals surface area contributed by atoms with E-state index >= 15 is 0 Å². The molecule has 0 aliphatic carbocycles. The number of carbonyl (C=O) groups excluding carboxylic acids is 1. The highest BCUT2D eigenvalue weighted by molar-refractivity contribution is 6.35. The van der Waals surface area contributed by atoms with E-state index in [9.17, 15) is 23.1 Å². The third-order valence-corrected chi connectivity index (χ3v) is 2.08.